The van der Waals surface area contributed by atoms with E-state index in [1.807, 2.05) is 13.8 Å². The first kappa shape index (κ1) is 18.2. The molecule has 6 heteroatoms. The zero-order valence-corrected chi connectivity index (χ0v) is 12.8. The molecular weight excluding hydrogens is 297 g/mol. The molecule has 0 bridgehead atoms. The summed E-state index contributed by atoms with van der Waals surface area (Å²) in [6, 6.07) is 5.01. The molecule has 0 heterocycles. The van der Waals surface area contributed by atoms with Gasteiger partial charge in [-0.25, -0.2) is 4.79 Å². The molecule has 0 saturated carbocycles. The maximum Gasteiger partial charge on any atom is 0.428 e. The Bertz CT molecular complexity index is 578. The molecule has 1 N–H and O–H groups in total. The number of halogens is 3. The molecule has 0 spiro atoms. The van der Waals surface area contributed by atoms with Gasteiger partial charge in [0.1, 0.15) is 0 Å². The molecule has 0 radical (unpaired) electrons. The number of aryl methyl sites for hydroxylation is 2. The van der Waals surface area contributed by atoms with E-state index in [1.165, 1.54) is 6.92 Å². The highest BCUT2D eigenvalue weighted by atomic mass is 19.4. The van der Waals surface area contributed by atoms with Crippen LogP contribution in [-0.2, 0) is 9.53 Å². The molecule has 0 aliphatic carbocycles. The number of ether oxygens (including phenoxy) is 1. The maximum atomic E-state index is 13.1. The van der Waals surface area contributed by atoms with E-state index in [0.29, 0.717) is 5.56 Å². The van der Waals surface area contributed by atoms with E-state index < -0.39 is 24.2 Å². The summed E-state index contributed by atoms with van der Waals surface area (Å²) >= 11 is 0. The summed E-state index contributed by atoms with van der Waals surface area (Å²) in [7, 11) is 0. The average Bonchev–Trinajstić information content (AvgIpc) is 2.40. The summed E-state index contributed by atoms with van der Waals surface area (Å²) in [6.45, 7) is 8.36. The third-order valence-electron chi connectivity index (χ3n) is 3.47. The van der Waals surface area contributed by atoms with Gasteiger partial charge in [-0.15, -0.1) is 0 Å². The van der Waals surface area contributed by atoms with Gasteiger partial charge in [0, 0.05) is 6.42 Å². The van der Waals surface area contributed by atoms with Crippen molar-refractivity contribution < 1.29 is 27.8 Å². The Morgan fingerprint density at radius 3 is 2.32 bits per heavy atom. The molecule has 1 aromatic carbocycles. The Morgan fingerprint density at radius 1 is 1.27 bits per heavy atom. The Morgan fingerprint density at radius 2 is 1.86 bits per heavy atom. The lowest BCUT2D eigenvalue weighted by molar-refractivity contribution is -0.260. The van der Waals surface area contributed by atoms with Gasteiger partial charge in [0.15, 0.2) is 0 Å². The van der Waals surface area contributed by atoms with E-state index in [0.717, 1.165) is 11.1 Å². The van der Waals surface area contributed by atoms with Gasteiger partial charge in [-0.1, -0.05) is 24.8 Å². The SMILES string of the molecule is C=C(C[C@@](O)(C(=O)OCC)C(F)(F)F)c1ccc(C)c(C)c1. The molecule has 122 valence electrons. The van der Waals surface area contributed by atoms with Crippen LogP contribution in [0.15, 0.2) is 24.8 Å². The van der Waals surface area contributed by atoms with Crippen LogP contribution in [0, 0.1) is 13.8 Å². The van der Waals surface area contributed by atoms with Crippen LogP contribution in [0.4, 0.5) is 13.2 Å². The number of esters is 1. The zero-order chi connectivity index (χ0) is 17.1. The van der Waals surface area contributed by atoms with Crippen molar-refractivity contribution in [2.45, 2.75) is 39.0 Å². The van der Waals surface area contributed by atoms with E-state index in [2.05, 4.69) is 11.3 Å². The number of hydrogen-bond acceptors (Lipinski definition) is 3. The van der Waals surface area contributed by atoms with Crippen LogP contribution >= 0.6 is 0 Å². The molecule has 22 heavy (non-hydrogen) atoms. The highest BCUT2D eigenvalue weighted by molar-refractivity contribution is 5.83. The number of carbonyl (C=O) groups excluding carboxylic acids is 1. The zero-order valence-electron chi connectivity index (χ0n) is 12.8. The molecule has 1 rings (SSSR count). The minimum Gasteiger partial charge on any atom is -0.464 e. The molecule has 0 aliphatic rings. The first-order chi connectivity index (χ1) is 10.0. The van der Waals surface area contributed by atoms with E-state index in [9.17, 15) is 23.1 Å². The second-order valence-corrected chi connectivity index (χ2v) is 5.16. The molecule has 1 atom stereocenters. The van der Waals surface area contributed by atoms with E-state index in [4.69, 9.17) is 0 Å². The Balaban J connectivity index is 3.11. The number of hydrogen-bond donors (Lipinski definition) is 1. The first-order valence-electron chi connectivity index (χ1n) is 6.74. The minimum atomic E-state index is -5.15. The lowest BCUT2D eigenvalue weighted by Crippen LogP contribution is -2.53. The summed E-state index contributed by atoms with van der Waals surface area (Å²) in [5, 5.41) is 9.84. The van der Waals surface area contributed by atoms with Crippen LogP contribution in [-0.4, -0.2) is 29.5 Å². The molecule has 3 nitrogen and oxygen atoms in total. The first-order valence-corrected chi connectivity index (χ1v) is 6.74. The maximum absolute atomic E-state index is 13.1. The highest BCUT2D eigenvalue weighted by Gasteiger charge is 2.60. The van der Waals surface area contributed by atoms with Crippen LogP contribution in [0.3, 0.4) is 0 Å². The summed E-state index contributed by atoms with van der Waals surface area (Å²) in [4.78, 5) is 11.6. The molecule has 0 saturated heterocycles. The Kier molecular flexibility index (Phi) is 5.40. The van der Waals surface area contributed by atoms with Crippen molar-refractivity contribution in [1.82, 2.24) is 0 Å². The van der Waals surface area contributed by atoms with Gasteiger partial charge < -0.3 is 9.84 Å². The van der Waals surface area contributed by atoms with Gasteiger partial charge in [0.05, 0.1) is 6.61 Å². The molecular formula is C16H19F3O3. The van der Waals surface area contributed by atoms with Crippen molar-refractivity contribution >= 4 is 11.5 Å². The molecule has 0 amide bonds. The van der Waals surface area contributed by atoms with Gasteiger partial charge in [-0.2, -0.15) is 13.2 Å². The third kappa shape index (κ3) is 3.68. The normalized spacial score (nSPS) is 14.3. The lowest BCUT2D eigenvalue weighted by atomic mass is 9.90. The fourth-order valence-corrected chi connectivity index (χ4v) is 1.91. The van der Waals surface area contributed by atoms with Crippen LogP contribution in [0.25, 0.3) is 5.57 Å². The second-order valence-electron chi connectivity index (χ2n) is 5.16. The van der Waals surface area contributed by atoms with Gasteiger partial charge >= 0.3 is 12.1 Å². The van der Waals surface area contributed by atoms with Gasteiger partial charge in [-0.3, -0.25) is 0 Å². The van der Waals surface area contributed by atoms with Crippen molar-refractivity contribution in [2.75, 3.05) is 6.61 Å². The van der Waals surface area contributed by atoms with Crippen molar-refractivity contribution in [1.29, 1.82) is 0 Å². The average molecular weight is 316 g/mol. The van der Waals surface area contributed by atoms with Crippen molar-refractivity contribution in [3.8, 4) is 0 Å². The topological polar surface area (TPSA) is 46.5 Å². The summed E-state index contributed by atoms with van der Waals surface area (Å²) < 4.78 is 43.7. The van der Waals surface area contributed by atoms with E-state index >= 15 is 0 Å². The summed E-state index contributed by atoms with van der Waals surface area (Å²) in [6.07, 6.45) is -6.13. The van der Waals surface area contributed by atoms with Gasteiger partial charge in [0.25, 0.3) is 5.60 Å². The Labute approximate surface area is 127 Å². The second kappa shape index (κ2) is 6.52. The number of alkyl halides is 3. The van der Waals surface area contributed by atoms with E-state index in [1.54, 1.807) is 18.2 Å². The third-order valence-corrected chi connectivity index (χ3v) is 3.47. The monoisotopic (exact) mass is 316 g/mol. The van der Waals surface area contributed by atoms with E-state index in [-0.39, 0.29) is 12.2 Å². The van der Waals surface area contributed by atoms with Crippen molar-refractivity contribution in [3.05, 3.63) is 41.5 Å². The Hall–Kier alpha value is -1.82. The largest absolute Gasteiger partial charge is 0.464 e. The number of rotatable bonds is 5. The molecule has 1 aromatic rings. The highest BCUT2D eigenvalue weighted by Crippen LogP contribution is 2.38. The minimum absolute atomic E-state index is 0.0102. The molecule has 0 fully saturated rings. The summed E-state index contributed by atoms with van der Waals surface area (Å²) in [5.74, 6) is -1.72. The van der Waals surface area contributed by atoms with Crippen LogP contribution < -0.4 is 0 Å². The van der Waals surface area contributed by atoms with Gasteiger partial charge in [0.2, 0.25) is 0 Å². The van der Waals surface area contributed by atoms with Gasteiger partial charge in [-0.05, 0) is 43.0 Å². The fraction of sp³-hybridized carbons (Fsp3) is 0.438. The number of benzene rings is 1. The van der Waals surface area contributed by atoms with Crippen LogP contribution in [0.2, 0.25) is 0 Å². The predicted octanol–water partition coefficient (Wildman–Crippen LogP) is 3.56. The number of carbonyl (C=O) groups is 1. The number of aliphatic hydroxyl groups is 1. The standard InChI is InChI=1S/C16H19F3O3/c1-5-22-14(20)15(21,16(17,18)19)9-12(4)13-7-6-10(2)11(3)8-13/h6-8,21H,4-5,9H2,1-3H3/t15-/m1/s1. The quantitative estimate of drug-likeness (QED) is 0.845. The molecule has 0 aromatic heterocycles. The lowest BCUT2D eigenvalue weighted by Gasteiger charge is -2.29. The molecule has 0 aliphatic heterocycles. The summed E-state index contributed by atoms with van der Waals surface area (Å²) in [5.41, 5.74) is -1.29. The van der Waals surface area contributed by atoms with Crippen molar-refractivity contribution in [3.63, 3.8) is 0 Å². The molecule has 0 unspecified atom stereocenters. The predicted molar refractivity (Wildman–Crippen MR) is 77.2 cm³/mol. The smallest absolute Gasteiger partial charge is 0.428 e. The fourth-order valence-electron chi connectivity index (χ4n) is 1.91. The van der Waals surface area contributed by atoms with Crippen molar-refractivity contribution in [2.24, 2.45) is 0 Å². The van der Waals surface area contributed by atoms with Crippen LogP contribution in [0.1, 0.15) is 30.0 Å². The van der Waals surface area contributed by atoms with Crippen LogP contribution in [0.5, 0.6) is 0 Å².